The number of halogens is 1. The summed E-state index contributed by atoms with van der Waals surface area (Å²) in [4.78, 5) is 10.6. The Morgan fingerprint density at radius 3 is 2.93 bits per heavy atom. The molecule has 0 bridgehead atoms. The maximum Gasteiger partial charge on any atom is 0.335 e. The molecule has 15 heavy (non-hydrogen) atoms. The molecule has 0 aliphatic carbocycles. The average molecular weight is 212 g/mol. The predicted octanol–water partition coefficient (Wildman–Crippen LogP) is 1.32. The fraction of sp³-hybridized carbons (Fsp3) is 0.300. The van der Waals surface area contributed by atoms with Crippen molar-refractivity contribution in [3.05, 3.63) is 35.6 Å². The molecule has 0 amide bonds. The normalized spacial score (nSPS) is 25.4. The van der Waals surface area contributed by atoms with Crippen molar-refractivity contribution in [3.63, 3.8) is 0 Å². The SMILES string of the molecule is O=C(O)C1COC(c2cccc(F)c2)O1. The lowest BCUT2D eigenvalue weighted by Crippen LogP contribution is -2.21. The molecule has 1 aromatic rings. The van der Waals surface area contributed by atoms with Crippen LogP contribution in [0.15, 0.2) is 24.3 Å². The van der Waals surface area contributed by atoms with Crippen molar-refractivity contribution < 1.29 is 23.8 Å². The zero-order valence-electron chi connectivity index (χ0n) is 7.72. The highest BCUT2D eigenvalue weighted by Gasteiger charge is 2.32. The van der Waals surface area contributed by atoms with Gasteiger partial charge in [0.2, 0.25) is 0 Å². The number of benzene rings is 1. The van der Waals surface area contributed by atoms with E-state index in [0.29, 0.717) is 5.56 Å². The van der Waals surface area contributed by atoms with Crippen molar-refractivity contribution in [2.45, 2.75) is 12.4 Å². The molecule has 0 saturated carbocycles. The number of carbonyl (C=O) groups is 1. The Bertz CT molecular complexity index is 379. The molecule has 2 unspecified atom stereocenters. The lowest BCUT2D eigenvalue weighted by atomic mass is 10.2. The van der Waals surface area contributed by atoms with Crippen LogP contribution in [0, 0.1) is 5.82 Å². The zero-order chi connectivity index (χ0) is 10.8. The van der Waals surface area contributed by atoms with Gasteiger partial charge in [-0.1, -0.05) is 12.1 Å². The third-order valence-electron chi connectivity index (χ3n) is 2.08. The van der Waals surface area contributed by atoms with E-state index < -0.39 is 24.2 Å². The van der Waals surface area contributed by atoms with Crippen molar-refractivity contribution in [2.75, 3.05) is 6.61 Å². The lowest BCUT2D eigenvalue weighted by molar-refractivity contribution is -0.150. The van der Waals surface area contributed by atoms with E-state index >= 15 is 0 Å². The topological polar surface area (TPSA) is 55.8 Å². The summed E-state index contributed by atoms with van der Waals surface area (Å²) >= 11 is 0. The minimum atomic E-state index is -1.08. The van der Waals surface area contributed by atoms with E-state index in [9.17, 15) is 9.18 Å². The average Bonchev–Trinajstić information content (AvgIpc) is 2.66. The highest BCUT2D eigenvalue weighted by molar-refractivity contribution is 5.72. The van der Waals surface area contributed by atoms with Gasteiger partial charge in [0.25, 0.3) is 0 Å². The standard InChI is InChI=1S/C10H9FO4/c11-7-3-1-2-6(4-7)10-14-5-8(15-10)9(12)13/h1-4,8,10H,5H2,(H,12,13). The Morgan fingerprint density at radius 1 is 1.53 bits per heavy atom. The highest BCUT2D eigenvalue weighted by Crippen LogP contribution is 2.27. The summed E-state index contributed by atoms with van der Waals surface area (Å²) in [7, 11) is 0. The van der Waals surface area contributed by atoms with Gasteiger partial charge in [0, 0.05) is 5.56 Å². The molecule has 1 aliphatic rings. The maximum absolute atomic E-state index is 12.8. The quantitative estimate of drug-likeness (QED) is 0.803. The predicted molar refractivity (Wildman–Crippen MR) is 47.6 cm³/mol. The molecule has 1 N–H and O–H groups in total. The molecule has 0 spiro atoms. The molecular formula is C10H9FO4. The summed E-state index contributed by atoms with van der Waals surface area (Å²) in [5.41, 5.74) is 0.485. The van der Waals surface area contributed by atoms with Gasteiger partial charge in [0.05, 0.1) is 6.61 Å². The van der Waals surface area contributed by atoms with Gasteiger partial charge < -0.3 is 14.6 Å². The first kappa shape index (κ1) is 10.1. The molecular weight excluding hydrogens is 203 g/mol. The summed E-state index contributed by atoms with van der Waals surface area (Å²) in [5, 5.41) is 8.65. The summed E-state index contributed by atoms with van der Waals surface area (Å²) in [5.74, 6) is -1.48. The smallest absolute Gasteiger partial charge is 0.335 e. The van der Waals surface area contributed by atoms with Crippen molar-refractivity contribution in [2.24, 2.45) is 0 Å². The largest absolute Gasteiger partial charge is 0.479 e. The van der Waals surface area contributed by atoms with Crippen LogP contribution in [0.3, 0.4) is 0 Å². The van der Waals surface area contributed by atoms with Crippen LogP contribution in [0.5, 0.6) is 0 Å². The monoisotopic (exact) mass is 212 g/mol. The highest BCUT2D eigenvalue weighted by atomic mass is 19.1. The molecule has 1 aromatic carbocycles. The molecule has 1 fully saturated rings. The molecule has 2 atom stereocenters. The first-order valence-electron chi connectivity index (χ1n) is 4.42. The van der Waals surface area contributed by atoms with Gasteiger partial charge in [0.15, 0.2) is 12.4 Å². The second-order valence-electron chi connectivity index (χ2n) is 3.18. The molecule has 0 aromatic heterocycles. The lowest BCUT2D eigenvalue weighted by Gasteiger charge is -2.09. The molecule has 2 rings (SSSR count). The molecule has 0 radical (unpaired) electrons. The van der Waals surface area contributed by atoms with Crippen molar-refractivity contribution in [1.82, 2.24) is 0 Å². The van der Waals surface area contributed by atoms with Crippen LogP contribution in [0.2, 0.25) is 0 Å². The Morgan fingerprint density at radius 2 is 2.33 bits per heavy atom. The fourth-order valence-corrected chi connectivity index (χ4v) is 1.36. The minimum absolute atomic E-state index is 0.0173. The van der Waals surface area contributed by atoms with Crippen LogP contribution in [0.4, 0.5) is 4.39 Å². The molecule has 1 heterocycles. The fourth-order valence-electron chi connectivity index (χ4n) is 1.36. The van der Waals surface area contributed by atoms with Gasteiger partial charge in [-0.15, -0.1) is 0 Å². The van der Waals surface area contributed by atoms with E-state index in [1.165, 1.54) is 18.2 Å². The summed E-state index contributed by atoms with van der Waals surface area (Å²) < 4.78 is 23.0. The molecule has 1 aliphatic heterocycles. The molecule has 80 valence electrons. The van der Waals surface area contributed by atoms with E-state index in [1.54, 1.807) is 6.07 Å². The zero-order valence-corrected chi connectivity index (χ0v) is 7.72. The van der Waals surface area contributed by atoms with Crippen LogP contribution in [-0.2, 0) is 14.3 Å². The van der Waals surface area contributed by atoms with Crippen LogP contribution in [0.25, 0.3) is 0 Å². The van der Waals surface area contributed by atoms with Gasteiger partial charge in [-0.3, -0.25) is 0 Å². The minimum Gasteiger partial charge on any atom is -0.479 e. The second-order valence-corrected chi connectivity index (χ2v) is 3.18. The van der Waals surface area contributed by atoms with Crippen LogP contribution in [-0.4, -0.2) is 23.8 Å². The Balaban J connectivity index is 2.11. The number of ether oxygens (including phenoxy) is 2. The number of carboxylic acids is 1. The Hall–Kier alpha value is -1.46. The second kappa shape index (κ2) is 3.96. The third-order valence-corrected chi connectivity index (χ3v) is 2.08. The van der Waals surface area contributed by atoms with Gasteiger partial charge in [0.1, 0.15) is 5.82 Å². The summed E-state index contributed by atoms with van der Waals surface area (Å²) in [6.45, 7) is -0.0173. The van der Waals surface area contributed by atoms with Gasteiger partial charge in [-0.25, -0.2) is 9.18 Å². The van der Waals surface area contributed by atoms with E-state index in [-0.39, 0.29) is 6.61 Å². The molecule has 5 heteroatoms. The first-order valence-corrected chi connectivity index (χ1v) is 4.42. The Kier molecular flexibility index (Phi) is 2.66. The van der Waals surface area contributed by atoms with E-state index in [2.05, 4.69) is 0 Å². The number of hydrogen-bond acceptors (Lipinski definition) is 3. The van der Waals surface area contributed by atoms with Crippen molar-refractivity contribution in [3.8, 4) is 0 Å². The molecule has 4 nitrogen and oxygen atoms in total. The van der Waals surface area contributed by atoms with Crippen LogP contribution in [0.1, 0.15) is 11.9 Å². The Labute approximate surface area is 85.2 Å². The number of rotatable bonds is 2. The van der Waals surface area contributed by atoms with E-state index in [4.69, 9.17) is 14.6 Å². The van der Waals surface area contributed by atoms with Crippen LogP contribution >= 0.6 is 0 Å². The summed E-state index contributed by atoms with van der Waals surface area (Å²) in [6.07, 6.45) is -1.76. The van der Waals surface area contributed by atoms with Gasteiger partial charge >= 0.3 is 5.97 Å². The first-order chi connectivity index (χ1) is 7.16. The van der Waals surface area contributed by atoms with Gasteiger partial charge in [-0.2, -0.15) is 0 Å². The summed E-state index contributed by atoms with van der Waals surface area (Å²) in [6, 6.07) is 5.70. The number of carboxylic acid groups (broad SMARTS) is 1. The van der Waals surface area contributed by atoms with Crippen molar-refractivity contribution in [1.29, 1.82) is 0 Å². The van der Waals surface area contributed by atoms with Crippen molar-refractivity contribution >= 4 is 5.97 Å². The van der Waals surface area contributed by atoms with E-state index in [1.807, 2.05) is 0 Å². The maximum atomic E-state index is 12.8. The van der Waals surface area contributed by atoms with Gasteiger partial charge in [-0.05, 0) is 12.1 Å². The molecule has 1 saturated heterocycles. The number of hydrogen-bond donors (Lipinski definition) is 1. The van der Waals surface area contributed by atoms with E-state index in [0.717, 1.165) is 0 Å². The van der Waals surface area contributed by atoms with Crippen LogP contribution < -0.4 is 0 Å². The number of aliphatic carboxylic acids is 1. The third kappa shape index (κ3) is 2.14.